The molecule has 1 aliphatic rings. The van der Waals surface area contributed by atoms with Gasteiger partial charge in [-0.2, -0.15) is 0 Å². The fraction of sp³-hybridized carbons (Fsp3) is 0.538. The molecule has 0 bridgehead atoms. The van der Waals surface area contributed by atoms with Crippen molar-refractivity contribution in [3.63, 3.8) is 0 Å². The van der Waals surface area contributed by atoms with Crippen LogP contribution < -0.4 is 15.4 Å². The van der Waals surface area contributed by atoms with Crippen LogP contribution in [0.15, 0.2) is 23.1 Å². The van der Waals surface area contributed by atoms with Gasteiger partial charge < -0.3 is 15.4 Å². The highest BCUT2D eigenvalue weighted by Crippen LogP contribution is 2.30. The van der Waals surface area contributed by atoms with Crippen LogP contribution in [-0.2, 0) is 4.74 Å². The van der Waals surface area contributed by atoms with Gasteiger partial charge in [-0.15, -0.1) is 0 Å². The molecule has 5 heteroatoms. The summed E-state index contributed by atoms with van der Waals surface area (Å²) in [5.74, 6) is 0. The minimum Gasteiger partial charge on any atom is -0.397 e. The Kier molecular flexibility index (Phi) is 4.74. The lowest BCUT2D eigenvalue weighted by molar-refractivity contribution is 0.0894. The molecule has 0 spiro atoms. The Balaban J connectivity index is 2.12. The first-order chi connectivity index (χ1) is 8.74. The van der Waals surface area contributed by atoms with Crippen molar-refractivity contribution in [2.75, 3.05) is 37.9 Å². The summed E-state index contributed by atoms with van der Waals surface area (Å²) in [7, 11) is 3.69. The van der Waals surface area contributed by atoms with E-state index in [9.17, 15) is 0 Å². The van der Waals surface area contributed by atoms with E-state index in [1.165, 1.54) is 0 Å². The first-order valence-electron chi connectivity index (χ1n) is 6.25. The second kappa shape index (κ2) is 6.31. The second-order valence-electron chi connectivity index (χ2n) is 4.47. The number of hydrogen-bond donors (Lipinski definition) is 2. The standard InChI is InChI=1S/C13H21N3OS/c1-15-18-11-5-6-13(12(14)8-11)16-7-3-4-10(9-16)17-2/h5-6,8,10,15H,3-4,7,9,14H2,1-2H3. The van der Waals surface area contributed by atoms with Crippen LogP contribution >= 0.6 is 11.9 Å². The molecule has 0 amide bonds. The van der Waals surface area contributed by atoms with Crippen LogP contribution in [0.2, 0.25) is 0 Å². The number of nitrogens with two attached hydrogens (primary N) is 1. The van der Waals surface area contributed by atoms with Crippen molar-refractivity contribution in [2.24, 2.45) is 0 Å². The lowest BCUT2D eigenvalue weighted by atomic mass is 10.1. The number of nitrogens with one attached hydrogen (secondary N) is 1. The Bertz CT molecular complexity index is 400. The number of hydrogen-bond acceptors (Lipinski definition) is 5. The maximum Gasteiger partial charge on any atom is 0.0746 e. The molecule has 0 saturated carbocycles. The Hall–Kier alpha value is -0.910. The van der Waals surface area contributed by atoms with Crippen molar-refractivity contribution < 1.29 is 4.74 Å². The zero-order valence-corrected chi connectivity index (χ0v) is 11.8. The number of benzene rings is 1. The number of rotatable bonds is 4. The van der Waals surface area contributed by atoms with E-state index in [0.29, 0.717) is 6.10 Å². The van der Waals surface area contributed by atoms with E-state index in [0.717, 1.165) is 42.2 Å². The highest BCUT2D eigenvalue weighted by Gasteiger charge is 2.20. The van der Waals surface area contributed by atoms with E-state index in [1.807, 2.05) is 13.1 Å². The third kappa shape index (κ3) is 3.10. The number of ether oxygens (including phenoxy) is 1. The number of methoxy groups -OCH3 is 1. The molecule has 100 valence electrons. The highest BCUT2D eigenvalue weighted by molar-refractivity contribution is 7.97. The van der Waals surface area contributed by atoms with Crippen LogP contribution in [0.1, 0.15) is 12.8 Å². The molecule has 0 aliphatic carbocycles. The van der Waals surface area contributed by atoms with Crippen LogP contribution in [0.25, 0.3) is 0 Å². The van der Waals surface area contributed by atoms with Gasteiger partial charge in [0.1, 0.15) is 0 Å². The molecule has 0 aromatic heterocycles. The first kappa shape index (κ1) is 13.5. The summed E-state index contributed by atoms with van der Waals surface area (Å²) in [6, 6.07) is 6.23. The van der Waals surface area contributed by atoms with E-state index in [2.05, 4.69) is 21.8 Å². The summed E-state index contributed by atoms with van der Waals surface area (Å²) in [5, 5.41) is 0. The maximum atomic E-state index is 6.15. The molecule has 1 unspecified atom stereocenters. The van der Waals surface area contributed by atoms with E-state index in [4.69, 9.17) is 10.5 Å². The van der Waals surface area contributed by atoms with Crippen molar-refractivity contribution in [3.8, 4) is 0 Å². The zero-order chi connectivity index (χ0) is 13.0. The number of nitrogens with zero attached hydrogens (tertiary/aromatic N) is 1. The predicted octanol–water partition coefficient (Wildman–Crippen LogP) is 2.11. The summed E-state index contributed by atoms with van der Waals surface area (Å²) < 4.78 is 8.50. The number of nitrogen functional groups attached to an aromatic ring is 1. The average molecular weight is 267 g/mol. The molecule has 3 N–H and O–H groups in total. The van der Waals surface area contributed by atoms with Crippen molar-refractivity contribution in [1.29, 1.82) is 0 Å². The third-order valence-corrected chi connectivity index (χ3v) is 3.96. The molecule has 1 fully saturated rings. The predicted molar refractivity (Wildman–Crippen MR) is 78.0 cm³/mol. The molecule has 1 aromatic rings. The minimum atomic E-state index is 0.324. The summed E-state index contributed by atoms with van der Waals surface area (Å²) in [6.07, 6.45) is 2.62. The Morgan fingerprint density at radius 2 is 2.33 bits per heavy atom. The summed E-state index contributed by atoms with van der Waals surface area (Å²) >= 11 is 1.58. The molecular formula is C13H21N3OS. The highest BCUT2D eigenvalue weighted by atomic mass is 32.2. The molecule has 1 aromatic carbocycles. The summed E-state index contributed by atoms with van der Waals surface area (Å²) in [4.78, 5) is 3.46. The largest absolute Gasteiger partial charge is 0.397 e. The van der Waals surface area contributed by atoms with E-state index in [1.54, 1.807) is 19.1 Å². The van der Waals surface area contributed by atoms with Crippen molar-refractivity contribution in [2.45, 2.75) is 23.8 Å². The van der Waals surface area contributed by atoms with Gasteiger partial charge in [-0.05, 0) is 50.0 Å². The molecule has 1 saturated heterocycles. The Morgan fingerprint density at radius 1 is 1.50 bits per heavy atom. The van der Waals surface area contributed by atoms with Gasteiger partial charge in [0.15, 0.2) is 0 Å². The van der Waals surface area contributed by atoms with Gasteiger partial charge in [0.25, 0.3) is 0 Å². The summed E-state index contributed by atoms with van der Waals surface area (Å²) in [6.45, 7) is 1.99. The fourth-order valence-electron chi connectivity index (χ4n) is 2.35. The van der Waals surface area contributed by atoms with Crippen molar-refractivity contribution in [1.82, 2.24) is 4.72 Å². The maximum absolute atomic E-state index is 6.15. The van der Waals surface area contributed by atoms with Gasteiger partial charge in [-0.3, -0.25) is 4.72 Å². The van der Waals surface area contributed by atoms with Gasteiger partial charge in [0.2, 0.25) is 0 Å². The smallest absolute Gasteiger partial charge is 0.0746 e. The minimum absolute atomic E-state index is 0.324. The van der Waals surface area contributed by atoms with Crippen LogP contribution in [0.3, 0.4) is 0 Å². The topological polar surface area (TPSA) is 50.5 Å². The Labute approximate surface area is 113 Å². The quantitative estimate of drug-likeness (QED) is 0.646. The molecule has 4 nitrogen and oxygen atoms in total. The first-order valence-corrected chi connectivity index (χ1v) is 7.07. The molecule has 1 atom stereocenters. The monoisotopic (exact) mass is 267 g/mol. The van der Waals surface area contributed by atoms with Crippen LogP contribution in [0.5, 0.6) is 0 Å². The molecule has 2 rings (SSSR count). The van der Waals surface area contributed by atoms with Crippen LogP contribution in [0, 0.1) is 0 Å². The van der Waals surface area contributed by atoms with E-state index >= 15 is 0 Å². The SMILES string of the molecule is CNSc1ccc(N2CCCC(OC)C2)c(N)c1. The molecule has 18 heavy (non-hydrogen) atoms. The van der Waals surface area contributed by atoms with Gasteiger partial charge in [-0.1, -0.05) is 0 Å². The molecule has 1 heterocycles. The van der Waals surface area contributed by atoms with Crippen molar-refractivity contribution >= 4 is 23.3 Å². The molecule has 1 aliphatic heterocycles. The van der Waals surface area contributed by atoms with Gasteiger partial charge in [0, 0.05) is 25.1 Å². The molecule has 0 radical (unpaired) electrons. The number of piperidine rings is 1. The molecular weight excluding hydrogens is 246 g/mol. The Morgan fingerprint density at radius 3 is 3.00 bits per heavy atom. The van der Waals surface area contributed by atoms with E-state index in [-0.39, 0.29) is 0 Å². The third-order valence-electron chi connectivity index (χ3n) is 3.27. The lowest BCUT2D eigenvalue weighted by Crippen LogP contribution is -2.39. The van der Waals surface area contributed by atoms with Crippen LogP contribution in [0.4, 0.5) is 11.4 Å². The summed E-state index contributed by atoms with van der Waals surface area (Å²) in [5.41, 5.74) is 8.11. The van der Waals surface area contributed by atoms with Gasteiger partial charge in [0.05, 0.1) is 17.5 Å². The fourth-order valence-corrected chi connectivity index (χ4v) is 2.91. The van der Waals surface area contributed by atoms with Crippen LogP contribution in [-0.4, -0.2) is 33.4 Å². The second-order valence-corrected chi connectivity index (χ2v) is 5.56. The lowest BCUT2D eigenvalue weighted by Gasteiger charge is -2.34. The average Bonchev–Trinajstić information content (AvgIpc) is 2.39. The number of anilines is 2. The van der Waals surface area contributed by atoms with Crippen molar-refractivity contribution in [3.05, 3.63) is 18.2 Å². The zero-order valence-electron chi connectivity index (χ0n) is 11.0. The van der Waals surface area contributed by atoms with Gasteiger partial charge in [-0.25, -0.2) is 0 Å². The van der Waals surface area contributed by atoms with E-state index < -0.39 is 0 Å². The van der Waals surface area contributed by atoms with Gasteiger partial charge >= 0.3 is 0 Å². The normalized spacial score (nSPS) is 20.1.